The molecule has 0 aliphatic carbocycles. The van der Waals surface area contributed by atoms with Gasteiger partial charge in [-0.25, -0.2) is 9.48 Å². The van der Waals surface area contributed by atoms with E-state index in [-0.39, 0.29) is 31.9 Å². The normalized spacial score (nSPS) is 11.9. The molecule has 1 heterocycles. The number of ether oxygens (including phenoxy) is 1. The molecule has 0 unspecified atom stereocenters. The number of carbonyl (C=O) groups excluding carboxylic acids is 1. The zero-order valence-electron chi connectivity index (χ0n) is 11.5. The van der Waals surface area contributed by atoms with Crippen molar-refractivity contribution in [3.63, 3.8) is 0 Å². The molecule has 1 aromatic rings. The van der Waals surface area contributed by atoms with Gasteiger partial charge in [-0.3, -0.25) is 9.59 Å². The van der Waals surface area contributed by atoms with E-state index in [0.717, 1.165) is 4.68 Å². The van der Waals surface area contributed by atoms with Gasteiger partial charge in [0.25, 0.3) is 11.5 Å². The third-order valence-electron chi connectivity index (χ3n) is 2.63. The number of carbonyl (C=O) groups is 2. The number of nitrogens with one attached hydrogen (secondary N) is 1. The Balaban J connectivity index is 2.86. The van der Waals surface area contributed by atoms with Crippen molar-refractivity contribution in [1.82, 2.24) is 15.1 Å². The summed E-state index contributed by atoms with van der Waals surface area (Å²) in [6, 6.07) is 1.15. The molecule has 0 saturated carbocycles. The largest absolute Gasteiger partial charge is 0.480 e. The smallest absolute Gasteiger partial charge is 0.326 e. The summed E-state index contributed by atoms with van der Waals surface area (Å²) in [5.74, 6) is -1.99. The number of hydrogen-bond acceptors (Lipinski definition) is 6. The first kappa shape index (κ1) is 16.8. The Hall–Kier alpha value is -2.26. The SMILES string of the molecule is COCCn1nc(C(=O)N[C@@H](CCO)C(=O)O)ccc1=O. The Kier molecular flexibility index (Phi) is 6.50. The molecular weight excluding hydrogens is 282 g/mol. The van der Waals surface area contributed by atoms with Crippen LogP contribution in [0.2, 0.25) is 0 Å². The highest BCUT2D eigenvalue weighted by Crippen LogP contribution is 1.96. The number of aliphatic carboxylic acids is 1. The van der Waals surface area contributed by atoms with Gasteiger partial charge in [-0.05, 0) is 6.07 Å². The highest BCUT2D eigenvalue weighted by molar-refractivity contribution is 5.94. The molecule has 21 heavy (non-hydrogen) atoms. The molecule has 1 amide bonds. The van der Waals surface area contributed by atoms with Crippen molar-refractivity contribution in [2.24, 2.45) is 0 Å². The van der Waals surface area contributed by atoms with Crippen LogP contribution in [-0.2, 0) is 16.1 Å². The van der Waals surface area contributed by atoms with Crippen molar-refractivity contribution in [3.05, 3.63) is 28.2 Å². The van der Waals surface area contributed by atoms with Crippen LogP contribution < -0.4 is 10.9 Å². The monoisotopic (exact) mass is 299 g/mol. The van der Waals surface area contributed by atoms with E-state index in [9.17, 15) is 14.4 Å². The maximum Gasteiger partial charge on any atom is 0.326 e. The van der Waals surface area contributed by atoms with Crippen LogP contribution in [0.25, 0.3) is 0 Å². The molecule has 0 aliphatic heterocycles. The van der Waals surface area contributed by atoms with Gasteiger partial charge in [0.15, 0.2) is 0 Å². The van der Waals surface area contributed by atoms with E-state index >= 15 is 0 Å². The minimum atomic E-state index is -1.26. The molecule has 3 N–H and O–H groups in total. The zero-order chi connectivity index (χ0) is 15.8. The molecule has 0 spiro atoms. The topological polar surface area (TPSA) is 131 Å². The third kappa shape index (κ3) is 4.97. The fourth-order valence-electron chi connectivity index (χ4n) is 1.53. The van der Waals surface area contributed by atoms with Gasteiger partial charge in [-0.2, -0.15) is 5.10 Å². The molecule has 0 aromatic carbocycles. The number of carboxylic acid groups (broad SMARTS) is 1. The minimum absolute atomic E-state index is 0.0881. The van der Waals surface area contributed by atoms with Gasteiger partial charge in [0.1, 0.15) is 11.7 Å². The lowest BCUT2D eigenvalue weighted by atomic mass is 10.2. The minimum Gasteiger partial charge on any atom is -0.480 e. The first-order chi connectivity index (χ1) is 9.99. The highest BCUT2D eigenvalue weighted by Gasteiger charge is 2.21. The van der Waals surface area contributed by atoms with Crippen LogP contribution in [0.3, 0.4) is 0 Å². The maximum atomic E-state index is 11.9. The van der Waals surface area contributed by atoms with Crippen molar-refractivity contribution in [2.45, 2.75) is 19.0 Å². The van der Waals surface area contributed by atoms with Crippen LogP contribution in [0.5, 0.6) is 0 Å². The van der Waals surface area contributed by atoms with E-state index in [1.165, 1.54) is 19.2 Å². The number of aliphatic hydroxyl groups is 1. The molecule has 1 atom stereocenters. The van der Waals surface area contributed by atoms with Gasteiger partial charge in [-0.15, -0.1) is 0 Å². The fraction of sp³-hybridized carbons (Fsp3) is 0.500. The predicted octanol–water partition coefficient (Wildman–Crippen LogP) is -1.54. The molecule has 0 saturated heterocycles. The van der Waals surface area contributed by atoms with Crippen LogP contribution in [0.4, 0.5) is 0 Å². The highest BCUT2D eigenvalue weighted by atomic mass is 16.5. The molecule has 0 bridgehead atoms. The van der Waals surface area contributed by atoms with E-state index in [2.05, 4.69) is 10.4 Å². The van der Waals surface area contributed by atoms with E-state index < -0.39 is 23.5 Å². The molecule has 1 aromatic heterocycles. The zero-order valence-corrected chi connectivity index (χ0v) is 11.5. The number of hydrogen-bond donors (Lipinski definition) is 3. The summed E-state index contributed by atoms with van der Waals surface area (Å²) < 4.78 is 5.88. The Morgan fingerprint density at radius 3 is 2.76 bits per heavy atom. The summed E-state index contributed by atoms with van der Waals surface area (Å²) in [7, 11) is 1.47. The van der Waals surface area contributed by atoms with Gasteiger partial charge in [0.2, 0.25) is 0 Å². The molecule has 116 valence electrons. The van der Waals surface area contributed by atoms with Crippen molar-refractivity contribution in [3.8, 4) is 0 Å². The predicted molar refractivity (Wildman–Crippen MR) is 71.0 cm³/mol. The number of rotatable bonds is 8. The number of methoxy groups -OCH3 is 1. The lowest BCUT2D eigenvalue weighted by molar-refractivity contribution is -0.139. The van der Waals surface area contributed by atoms with Crippen LogP contribution in [-0.4, -0.2) is 58.2 Å². The van der Waals surface area contributed by atoms with Gasteiger partial charge in [-0.1, -0.05) is 0 Å². The molecule has 9 heteroatoms. The van der Waals surface area contributed by atoms with Crippen LogP contribution in [0.15, 0.2) is 16.9 Å². The van der Waals surface area contributed by atoms with E-state index in [1.807, 2.05) is 0 Å². The lowest BCUT2D eigenvalue weighted by Crippen LogP contribution is -2.42. The van der Waals surface area contributed by atoms with Crippen LogP contribution >= 0.6 is 0 Å². The van der Waals surface area contributed by atoms with E-state index in [0.29, 0.717) is 0 Å². The van der Waals surface area contributed by atoms with Gasteiger partial charge < -0.3 is 20.3 Å². The number of nitrogens with zero attached hydrogens (tertiary/aromatic N) is 2. The van der Waals surface area contributed by atoms with E-state index in [4.69, 9.17) is 14.9 Å². The molecule has 0 radical (unpaired) electrons. The second kappa shape index (κ2) is 8.12. The Labute approximate surface area is 120 Å². The molecule has 9 nitrogen and oxygen atoms in total. The second-order valence-corrected chi connectivity index (χ2v) is 4.15. The molecule has 1 rings (SSSR count). The standard InChI is InChI=1S/C12H17N3O6/c1-21-7-5-15-10(17)3-2-8(14-15)11(18)13-9(4-6-16)12(19)20/h2-3,9,16H,4-7H2,1H3,(H,13,18)(H,19,20)/t9-/m0/s1. The summed E-state index contributed by atoms with van der Waals surface area (Å²) in [5.41, 5.74) is -0.483. The van der Waals surface area contributed by atoms with Gasteiger partial charge >= 0.3 is 5.97 Å². The molecular formula is C12H17N3O6. The van der Waals surface area contributed by atoms with Gasteiger partial charge in [0.05, 0.1) is 13.2 Å². The number of amides is 1. The summed E-state index contributed by atoms with van der Waals surface area (Å²) in [6.45, 7) is 0.0493. The average Bonchev–Trinajstić information content (AvgIpc) is 2.45. The lowest BCUT2D eigenvalue weighted by Gasteiger charge is -2.13. The third-order valence-corrected chi connectivity index (χ3v) is 2.63. The van der Waals surface area contributed by atoms with E-state index in [1.54, 1.807) is 0 Å². The maximum absolute atomic E-state index is 11.9. The van der Waals surface area contributed by atoms with Gasteiger partial charge in [0, 0.05) is 26.2 Å². The fourth-order valence-corrected chi connectivity index (χ4v) is 1.53. The Bertz CT molecular complexity index is 556. The first-order valence-corrected chi connectivity index (χ1v) is 6.21. The molecule has 0 fully saturated rings. The first-order valence-electron chi connectivity index (χ1n) is 6.21. The second-order valence-electron chi connectivity index (χ2n) is 4.15. The number of carboxylic acids is 1. The average molecular weight is 299 g/mol. The summed E-state index contributed by atoms with van der Waals surface area (Å²) in [5, 5.41) is 23.7. The Morgan fingerprint density at radius 2 is 2.19 bits per heavy atom. The molecule has 0 aliphatic rings. The van der Waals surface area contributed by atoms with Crippen molar-refractivity contribution in [1.29, 1.82) is 0 Å². The Morgan fingerprint density at radius 1 is 1.48 bits per heavy atom. The van der Waals surface area contributed by atoms with Crippen LogP contribution in [0.1, 0.15) is 16.9 Å². The summed E-state index contributed by atoms with van der Waals surface area (Å²) in [4.78, 5) is 34.3. The van der Waals surface area contributed by atoms with Crippen molar-refractivity contribution >= 4 is 11.9 Å². The number of aromatic nitrogens is 2. The van der Waals surface area contributed by atoms with Crippen molar-refractivity contribution < 1.29 is 24.5 Å². The summed E-state index contributed by atoms with van der Waals surface area (Å²) >= 11 is 0. The quantitative estimate of drug-likeness (QED) is 0.530. The van der Waals surface area contributed by atoms with Crippen molar-refractivity contribution in [2.75, 3.05) is 20.3 Å². The van der Waals surface area contributed by atoms with Crippen LogP contribution in [0, 0.1) is 0 Å². The summed E-state index contributed by atoms with van der Waals surface area (Å²) in [6.07, 6.45) is -0.121. The number of aliphatic hydroxyl groups excluding tert-OH is 1.